The van der Waals surface area contributed by atoms with E-state index in [1.54, 1.807) is 0 Å². The Hall–Kier alpha value is -0.120. The molecule has 1 N–H and O–H groups in total. The lowest BCUT2D eigenvalue weighted by Gasteiger charge is -2.39. The summed E-state index contributed by atoms with van der Waals surface area (Å²) in [7, 11) is 0. The highest BCUT2D eigenvalue weighted by Crippen LogP contribution is 2.28. The molecule has 2 rings (SSSR count). The van der Waals surface area contributed by atoms with Gasteiger partial charge in [0, 0.05) is 25.7 Å². The summed E-state index contributed by atoms with van der Waals surface area (Å²) in [4.78, 5) is 2.46. The van der Waals surface area contributed by atoms with Crippen LogP contribution >= 0.6 is 0 Å². The number of aliphatic hydroxyl groups excluding tert-OH is 1. The van der Waals surface area contributed by atoms with Crippen molar-refractivity contribution in [1.82, 2.24) is 4.90 Å². The quantitative estimate of drug-likeness (QED) is 0.739. The first-order chi connectivity index (χ1) is 7.66. The lowest BCUT2D eigenvalue weighted by Crippen LogP contribution is -2.49. The zero-order chi connectivity index (χ0) is 11.5. The Labute approximate surface area is 98.8 Å². The fourth-order valence-electron chi connectivity index (χ4n) is 3.05. The lowest BCUT2D eigenvalue weighted by atomic mass is 9.84. The number of rotatable bonds is 1. The van der Waals surface area contributed by atoms with E-state index in [0.717, 1.165) is 44.9 Å². The number of nitrogens with zero attached hydrogens (tertiary/aromatic N) is 1. The number of ether oxygens (including phenoxy) is 1. The van der Waals surface area contributed by atoms with E-state index in [2.05, 4.69) is 18.7 Å². The summed E-state index contributed by atoms with van der Waals surface area (Å²) in [6.07, 6.45) is 4.58. The minimum Gasteiger partial charge on any atom is -0.391 e. The van der Waals surface area contributed by atoms with Crippen molar-refractivity contribution in [2.45, 2.75) is 57.8 Å². The van der Waals surface area contributed by atoms with Gasteiger partial charge in [-0.2, -0.15) is 0 Å². The zero-order valence-electron chi connectivity index (χ0n) is 10.6. The van der Waals surface area contributed by atoms with Crippen LogP contribution in [0.5, 0.6) is 0 Å². The monoisotopic (exact) mass is 227 g/mol. The summed E-state index contributed by atoms with van der Waals surface area (Å²) in [6.45, 7) is 7.37. The Kier molecular flexibility index (Phi) is 4.22. The van der Waals surface area contributed by atoms with Crippen molar-refractivity contribution in [3.63, 3.8) is 0 Å². The number of hydrogen-bond donors (Lipinski definition) is 1. The topological polar surface area (TPSA) is 32.7 Å². The second-order valence-corrected chi connectivity index (χ2v) is 5.58. The number of aliphatic hydroxyl groups is 1. The molecule has 94 valence electrons. The summed E-state index contributed by atoms with van der Waals surface area (Å²) in [5, 5.41) is 10.1. The maximum absolute atomic E-state index is 10.1. The van der Waals surface area contributed by atoms with Crippen molar-refractivity contribution in [2.75, 3.05) is 19.7 Å². The van der Waals surface area contributed by atoms with E-state index in [1.165, 1.54) is 6.42 Å². The van der Waals surface area contributed by atoms with E-state index < -0.39 is 0 Å². The van der Waals surface area contributed by atoms with Gasteiger partial charge in [0.2, 0.25) is 0 Å². The van der Waals surface area contributed by atoms with Crippen LogP contribution in [-0.2, 0) is 4.74 Å². The molecular formula is C13H25NO2. The van der Waals surface area contributed by atoms with Gasteiger partial charge in [-0.3, -0.25) is 4.90 Å². The van der Waals surface area contributed by atoms with E-state index in [9.17, 15) is 5.11 Å². The molecule has 16 heavy (non-hydrogen) atoms. The Bertz CT molecular complexity index is 222. The normalized spacial score (nSPS) is 42.9. The summed E-state index contributed by atoms with van der Waals surface area (Å²) >= 11 is 0. The van der Waals surface area contributed by atoms with Crippen molar-refractivity contribution in [3.05, 3.63) is 0 Å². The molecule has 2 aliphatic rings. The van der Waals surface area contributed by atoms with Gasteiger partial charge >= 0.3 is 0 Å². The molecule has 1 aliphatic heterocycles. The van der Waals surface area contributed by atoms with Gasteiger partial charge in [-0.15, -0.1) is 0 Å². The van der Waals surface area contributed by atoms with Gasteiger partial charge in [0.25, 0.3) is 0 Å². The van der Waals surface area contributed by atoms with Crippen LogP contribution in [0.25, 0.3) is 0 Å². The van der Waals surface area contributed by atoms with E-state index in [-0.39, 0.29) is 6.10 Å². The van der Waals surface area contributed by atoms with Crippen LogP contribution in [0.3, 0.4) is 0 Å². The third kappa shape index (κ3) is 2.96. The zero-order valence-corrected chi connectivity index (χ0v) is 10.6. The standard InChI is InChI=1S/C13H25NO2/c1-10-4-5-13(15)12(8-10)14-6-3-7-16-11(2)9-14/h10-13,15H,3-9H2,1-2H3. The molecule has 0 aromatic rings. The molecule has 1 heterocycles. The Morgan fingerprint density at radius 2 is 2.06 bits per heavy atom. The van der Waals surface area contributed by atoms with E-state index in [4.69, 9.17) is 4.74 Å². The second kappa shape index (κ2) is 5.48. The van der Waals surface area contributed by atoms with E-state index >= 15 is 0 Å². The SMILES string of the molecule is CC1CCC(O)C(N2CCCOC(C)C2)C1. The van der Waals surface area contributed by atoms with Crippen LogP contribution in [0.2, 0.25) is 0 Å². The maximum atomic E-state index is 10.1. The first kappa shape index (κ1) is 12.3. The van der Waals surface area contributed by atoms with Crippen molar-refractivity contribution in [3.8, 4) is 0 Å². The van der Waals surface area contributed by atoms with Crippen LogP contribution in [0.4, 0.5) is 0 Å². The molecule has 1 saturated heterocycles. The predicted molar refractivity (Wildman–Crippen MR) is 64.4 cm³/mol. The molecular weight excluding hydrogens is 202 g/mol. The maximum Gasteiger partial charge on any atom is 0.0695 e. The van der Waals surface area contributed by atoms with Gasteiger partial charge in [-0.05, 0) is 38.5 Å². The molecule has 2 fully saturated rings. The highest BCUT2D eigenvalue weighted by molar-refractivity contribution is 4.87. The molecule has 1 saturated carbocycles. The molecule has 4 unspecified atom stereocenters. The Morgan fingerprint density at radius 3 is 2.88 bits per heavy atom. The van der Waals surface area contributed by atoms with Gasteiger partial charge in [0.15, 0.2) is 0 Å². The van der Waals surface area contributed by atoms with Crippen LogP contribution in [0, 0.1) is 5.92 Å². The summed E-state index contributed by atoms with van der Waals surface area (Å²) in [5.74, 6) is 0.757. The second-order valence-electron chi connectivity index (χ2n) is 5.58. The summed E-state index contributed by atoms with van der Waals surface area (Å²) in [5.41, 5.74) is 0. The van der Waals surface area contributed by atoms with Gasteiger partial charge in [0.1, 0.15) is 0 Å². The third-order valence-electron chi connectivity index (χ3n) is 4.00. The minimum atomic E-state index is -0.124. The van der Waals surface area contributed by atoms with Crippen LogP contribution in [-0.4, -0.2) is 48.0 Å². The molecule has 3 heteroatoms. The molecule has 0 aromatic carbocycles. The highest BCUT2D eigenvalue weighted by atomic mass is 16.5. The van der Waals surface area contributed by atoms with Crippen molar-refractivity contribution in [1.29, 1.82) is 0 Å². The van der Waals surface area contributed by atoms with E-state index in [0.29, 0.717) is 12.1 Å². The lowest BCUT2D eigenvalue weighted by molar-refractivity contribution is -0.00642. The van der Waals surface area contributed by atoms with E-state index in [1.807, 2.05) is 0 Å². The third-order valence-corrected chi connectivity index (χ3v) is 4.00. The summed E-state index contributed by atoms with van der Waals surface area (Å²) < 4.78 is 5.66. The molecule has 0 spiro atoms. The highest BCUT2D eigenvalue weighted by Gasteiger charge is 2.32. The molecule has 0 amide bonds. The molecule has 0 bridgehead atoms. The number of hydrogen-bond acceptors (Lipinski definition) is 3. The fourth-order valence-corrected chi connectivity index (χ4v) is 3.05. The Morgan fingerprint density at radius 1 is 1.25 bits per heavy atom. The van der Waals surface area contributed by atoms with Crippen LogP contribution in [0.1, 0.15) is 39.5 Å². The van der Waals surface area contributed by atoms with Crippen LogP contribution in [0.15, 0.2) is 0 Å². The fraction of sp³-hybridized carbons (Fsp3) is 1.00. The average molecular weight is 227 g/mol. The van der Waals surface area contributed by atoms with Crippen molar-refractivity contribution in [2.24, 2.45) is 5.92 Å². The van der Waals surface area contributed by atoms with Crippen molar-refractivity contribution < 1.29 is 9.84 Å². The molecule has 4 atom stereocenters. The van der Waals surface area contributed by atoms with Gasteiger partial charge in [0.05, 0.1) is 12.2 Å². The van der Waals surface area contributed by atoms with Crippen molar-refractivity contribution >= 4 is 0 Å². The largest absolute Gasteiger partial charge is 0.391 e. The first-order valence-electron chi connectivity index (χ1n) is 6.70. The minimum absolute atomic E-state index is 0.124. The smallest absolute Gasteiger partial charge is 0.0695 e. The van der Waals surface area contributed by atoms with Gasteiger partial charge < -0.3 is 9.84 Å². The average Bonchev–Trinajstić information content (AvgIpc) is 2.46. The van der Waals surface area contributed by atoms with Gasteiger partial charge in [-0.25, -0.2) is 0 Å². The van der Waals surface area contributed by atoms with Crippen LogP contribution < -0.4 is 0 Å². The predicted octanol–water partition coefficient (Wildman–Crippen LogP) is 1.65. The molecule has 0 aromatic heterocycles. The molecule has 1 aliphatic carbocycles. The molecule has 0 radical (unpaired) electrons. The summed E-state index contributed by atoms with van der Waals surface area (Å²) in [6, 6.07) is 0.368. The van der Waals surface area contributed by atoms with Gasteiger partial charge in [-0.1, -0.05) is 6.92 Å². The first-order valence-corrected chi connectivity index (χ1v) is 6.70. The molecule has 3 nitrogen and oxygen atoms in total. The Balaban J connectivity index is 1.97.